The maximum Gasteiger partial charge on any atom is 0.0206 e. The number of rotatable bonds is 2. The Labute approximate surface area is 63.2 Å². The first-order chi connectivity index (χ1) is 4.74. The SMILES string of the molecule is CCCC1CC(N)C(C)N1. The van der Waals surface area contributed by atoms with Crippen molar-refractivity contribution in [3.8, 4) is 0 Å². The van der Waals surface area contributed by atoms with Gasteiger partial charge < -0.3 is 11.1 Å². The topological polar surface area (TPSA) is 38.0 Å². The van der Waals surface area contributed by atoms with Crippen LogP contribution < -0.4 is 11.1 Å². The van der Waals surface area contributed by atoms with E-state index in [9.17, 15) is 0 Å². The van der Waals surface area contributed by atoms with Crippen molar-refractivity contribution in [2.75, 3.05) is 0 Å². The van der Waals surface area contributed by atoms with Crippen LogP contribution in [0.25, 0.3) is 0 Å². The Bertz CT molecular complexity index is 93.4. The second-order valence-electron chi connectivity index (χ2n) is 3.34. The van der Waals surface area contributed by atoms with Crippen molar-refractivity contribution in [2.45, 2.75) is 51.2 Å². The molecule has 1 aliphatic heterocycles. The molecule has 1 aliphatic rings. The average molecular weight is 142 g/mol. The molecule has 60 valence electrons. The monoisotopic (exact) mass is 142 g/mol. The maximum atomic E-state index is 5.84. The van der Waals surface area contributed by atoms with Crippen LogP contribution in [0.3, 0.4) is 0 Å². The Balaban J connectivity index is 2.27. The summed E-state index contributed by atoms with van der Waals surface area (Å²) in [5, 5.41) is 3.48. The molecule has 0 amide bonds. The molecule has 0 aromatic carbocycles. The first-order valence-electron chi connectivity index (χ1n) is 4.25. The van der Waals surface area contributed by atoms with E-state index in [0.717, 1.165) is 6.42 Å². The maximum absolute atomic E-state index is 5.84. The normalized spacial score (nSPS) is 40.5. The molecule has 2 heteroatoms. The van der Waals surface area contributed by atoms with Crippen molar-refractivity contribution in [3.05, 3.63) is 0 Å². The molecule has 0 bridgehead atoms. The van der Waals surface area contributed by atoms with E-state index >= 15 is 0 Å². The molecule has 0 aromatic rings. The fraction of sp³-hybridized carbons (Fsp3) is 1.00. The summed E-state index contributed by atoms with van der Waals surface area (Å²) in [5.41, 5.74) is 5.84. The Morgan fingerprint density at radius 3 is 2.70 bits per heavy atom. The first-order valence-corrected chi connectivity index (χ1v) is 4.25. The quantitative estimate of drug-likeness (QED) is 0.600. The zero-order valence-electron chi connectivity index (χ0n) is 6.93. The molecule has 0 radical (unpaired) electrons. The average Bonchev–Trinajstić information content (AvgIpc) is 2.14. The fourth-order valence-electron chi connectivity index (χ4n) is 1.65. The highest BCUT2D eigenvalue weighted by molar-refractivity contribution is 4.90. The van der Waals surface area contributed by atoms with Gasteiger partial charge in [-0.2, -0.15) is 0 Å². The first kappa shape index (κ1) is 8.02. The highest BCUT2D eigenvalue weighted by atomic mass is 15.0. The smallest absolute Gasteiger partial charge is 0.0206 e. The Morgan fingerprint density at radius 1 is 1.60 bits per heavy atom. The van der Waals surface area contributed by atoms with Gasteiger partial charge in [-0.1, -0.05) is 13.3 Å². The number of hydrogen-bond donors (Lipinski definition) is 2. The predicted molar refractivity (Wildman–Crippen MR) is 43.9 cm³/mol. The molecule has 3 unspecified atom stereocenters. The van der Waals surface area contributed by atoms with E-state index in [1.165, 1.54) is 12.8 Å². The fourth-order valence-corrected chi connectivity index (χ4v) is 1.65. The number of nitrogens with one attached hydrogen (secondary N) is 1. The van der Waals surface area contributed by atoms with Crippen LogP contribution in [0.15, 0.2) is 0 Å². The van der Waals surface area contributed by atoms with Gasteiger partial charge in [0.2, 0.25) is 0 Å². The summed E-state index contributed by atoms with van der Waals surface area (Å²) in [7, 11) is 0. The summed E-state index contributed by atoms with van der Waals surface area (Å²) in [6, 6.07) is 1.60. The van der Waals surface area contributed by atoms with Gasteiger partial charge in [-0.25, -0.2) is 0 Å². The van der Waals surface area contributed by atoms with Gasteiger partial charge in [0.25, 0.3) is 0 Å². The lowest BCUT2D eigenvalue weighted by molar-refractivity contribution is 0.520. The van der Waals surface area contributed by atoms with E-state index < -0.39 is 0 Å². The van der Waals surface area contributed by atoms with E-state index in [1.54, 1.807) is 0 Å². The summed E-state index contributed by atoms with van der Waals surface area (Å²) in [4.78, 5) is 0. The Hall–Kier alpha value is -0.0800. The molecule has 0 saturated carbocycles. The minimum atomic E-state index is 0.386. The molecular weight excluding hydrogens is 124 g/mol. The second-order valence-corrected chi connectivity index (χ2v) is 3.34. The van der Waals surface area contributed by atoms with Gasteiger partial charge in [-0.05, 0) is 19.8 Å². The molecule has 0 aromatic heterocycles. The lowest BCUT2D eigenvalue weighted by atomic mass is 10.1. The molecule has 1 saturated heterocycles. The third kappa shape index (κ3) is 1.70. The van der Waals surface area contributed by atoms with Crippen molar-refractivity contribution in [1.82, 2.24) is 5.32 Å². The highest BCUT2D eigenvalue weighted by Crippen LogP contribution is 2.14. The molecule has 1 fully saturated rings. The van der Waals surface area contributed by atoms with Crippen LogP contribution in [0, 0.1) is 0 Å². The molecule has 0 spiro atoms. The third-order valence-corrected chi connectivity index (χ3v) is 2.33. The summed E-state index contributed by atoms with van der Waals surface area (Å²) in [6.07, 6.45) is 3.70. The summed E-state index contributed by atoms with van der Waals surface area (Å²) >= 11 is 0. The van der Waals surface area contributed by atoms with Crippen molar-refractivity contribution in [3.63, 3.8) is 0 Å². The van der Waals surface area contributed by atoms with Gasteiger partial charge in [0.1, 0.15) is 0 Å². The second kappa shape index (κ2) is 3.35. The standard InChI is InChI=1S/C8H18N2/c1-3-4-7-5-8(9)6(2)10-7/h6-8,10H,3-5,9H2,1-2H3. The lowest BCUT2D eigenvalue weighted by Gasteiger charge is -2.08. The zero-order valence-corrected chi connectivity index (χ0v) is 6.93. The van der Waals surface area contributed by atoms with Gasteiger partial charge in [0.05, 0.1) is 0 Å². The molecular formula is C8H18N2. The number of hydrogen-bond acceptors (Lipinski definition) is 2. The summed E-state index contributed by atoms with van der Waals surface area (Å²) in [6.45, 7) is 4.39. The van der Waals surface area contributed by atoms with Gasteiger partial charge in [0.15, 0.2) is 0 Å². The molecule has 3 atom stereocenters. The van der Waals surface area contributed by atoms with Crippen LogP contribution in [0.2, 0.25) is 0 Å². The van der Waals surface area contributed by atoms with Crippen molar-refractivity contribution in [1.29, 1.82) is 0 Å². The van der Waals surface area contributed by atoms with E-state index in [0.29, 0.717) is 18.1 Å². The van der Waals surface area contributed by atoms with Crippen molar-refractivity contribution >= 4 is 0 Å². The largest absolute Gasteiger partial charge is 0.326 e. The highest BCUT2D eigenvalue weighted by Gasteiger charge is 2.26. The predicted octanol–water partition coefficient (Wildman–Crippen LogP) is 0.864. The molecule has 1 heterocycles. The van der Waals surface area contributed by atoms with Crippen LogP contribution in [0.5, 0.6) is 0 Å². The Morgan fingerprint density at radius 2 is 2.30 bits per heavy atom. The Kier molecular flexibility index (Phi) is 2.69. The van der Waals surface area contributed by atoms with Gasteiger partial charge >= 0.3 is 0 Å². The van der Waals surface area contributed by atoms with Crippen LogP contribution >= 0.6 is 0 Å². The van der Waals surface area contributed by atoms with Crippen LogP contribution in [0.4, 0.5) is 0 Å². The van der Waals surface area contributed by atoms with Gasteiger partial charge in [0, 0.05) is 18.1 Å². The van der Waals surface area contributed by atoms with Gasteiger partial charge in [-0.3, -0.25) is 0 Å². The molecule has 2 nitrogen and oxygen atoms in total. The third-order valence-electron chi connectivity index (χ3n) is 2.33. The van der Waals surface area contributed by atoms with Crippen LogP contribution in [-0.2, 0) is 0 Å². The molecule has 0 aliphatic carbocycles. The lowest BCUT2D eigenvalue weighted by Crippen LogP contribution is -2.34. The molecule has 3 N–H and O–H groups in total. The van der Waals surface area contributed by atoms with E-state index in [1.807, 2.05) is 0 Å². The van der Waals surface area contributed by atoms with Gasteiger partial charge in [-0.15, -0.1) is 0 Å². The van der Waals surface area contributed by atoms with E-state index in [4.69, 9.17) is 5.73 Å². The minimum Gasteiger partial charge on any atom is -0.326 e. The van der Waals surface area contributed by atoms with Crippen molar-refractivity contribution in [2.24, 2.45) is 5.73 Å². The minimum absolute atomic E-state index is 0.386. The van der Waals surface area contributed by atoms with Crippen molar-refractivity contribution < 1.29 is 0 Å². The zero-order chi connectivity index (χ0) is 7.56. The molecule has 10 heavy (non-hydrogen) atoms. The van der Waals surface area contributed by atoms with Crippen LogP contribution in [0.1, 0.15) is 33.1 Å². The number of nitrogens with two attached hydrogens (primary N) is 1. The summed E-state index contributed by atoms with van der Waals surface area (Å²) < 4.78 is 0. The summed E-state index contributed by atoms with van der Waals surface area (Å²) in [5.74, 6) is 0. The van der Waals surface area contributed by atoms with Crippen LogP contribution in [-0.4, -0.2) is 18.1 Å². The molecule has 1 rings (SSSR count). The van der Waals surface area contributed by atoms with E-state index in [2.05, 4.69) is 19.2 Å². The van der Waals surface area contributed by atoms with E-state index in [-0.39, 0.29) is 0 Å².